The largest absolute Gasteiger partial charge is 0.493 e. The van der Waals surface area contributed by atoms with Gasteiger partial charge in [0.15, 0.2) is 0 Å². The first-order chi connectivity index (χ1) is 11.2. The highest BCUT2D eigenvalue weighted by Crippen LogP contribution is 2.12. The molecule has 0 saturated heterocycles. The second-order valence-electron chi connectivity index (χ2n) is 5.51. The lowest BCUT2D eigenvalue weighted by atomic mass is 10.1. The van der Waals surface area contributed by atoms with Gasteiger partial charge in [0.25, 0.3) is 0 Å². The molecule has 0 aliphatic rings. The van der Waals surface area contributed by atoms with E-state index in [0.29, 0.717) is 6.61 Å². The Morgan fingerprint density at radius 1 is 0.913 bits per heavy atom. The Kier molecular flexibility index (Phi) is 6.72. The fourth-order valence-corrected chi connectivity index (χ4v) is 2.06. The normalized spacial score (nSPS) is 11.4. The van der Waals surface area contributed by atoms with Crippen LogP contribution < -0.4 is 4.74 Å². The molecule has 0 amide bonds. The third-order valence-corrected chi connectivity index (χ3v) is 3.76. The summed E-state index contributed by atoms with van der Waals surface area (Å²) in [6.45, 7) is 4.85. The summed E-state index contributed by atoms with van der Waals surface area (Å²) in [5, 5.41) is 0. The molecule has 0 aliphatic heterocycles. The molecular weight excluding hydrogens is 284 g/mol. The Bertz CT molecular complexity index is 645. The van der Waals surface area contributed by atoms with Crippen LogP contribution in [0.1, 0.15) is 37.0 Å². The van der Waals surface area contributed by atoms with E-state index in [1.54, 1.807) is 7.11 Å². The second-order valence-corrected chi connectivity index (χ2v) is 5.51. The second kappa shape index (κ2) is 9.02. The SMILES string of the molecule is CCc1ccc(C#Cc2ccc(OCCC(C)OC)cc2)cc1. The zero-order valence-electron chi connectivity index (χ0n) is 14.1. The van der Waals surface area contributed by atoms with Crippen molar-refractivity contribution in [1.82, 2.24) is 0 Å². The fraction of sp³-hybridized carbons (Fsp3) is 0.333. The molecule has 2 nitrogen and oxygen atoms in total. The van der Waals surface area contributed by atoms with Crippen LogP contribution in [0.4, 0.5) is 0 Å². The highest BCUT2D eigenvalue weighted by molar-refractivity contribution is 5.44. The van der Waals surface area contributed by atoms with E-state index in [1.807, 2.05) is 31.2 Å². The molecule has 0 N–H and O–H groups in total. The summed E-state index contributed by atoms with van der Waals surface area (Å²) in [7, 11) is 1.72. The number of ether oxygens (including phenoxy) is 2. The Hall–Kier alpha value is -2.24. The molecule has 1 atom stereocenters. The number of hydrogen-bond acceptors (Lipinski definition) is 2. The van der Waals surface area contributed by atoms with Crippen molar-refractivity contribution in [2.45, 2.75) is 32.8 Å². The molecule has 120 valence electrons. The number of benzene rings is 2. The summed E-state index contributed by atoms with van der Waals surface area (Å²) in [6, 6.07) is 16.3. The highest BCUT2D eigenvalue weighted by atomic mass is 16.5. The predicted molar refractivity (Wildman–Crippen MR) is 94.8 cm³/mol. The molecule has 0 aromatic heterocycles. The number of rotatable bonds is 6. The van der Waals surface area contributed by atoms with Crippen molar-refractivity contribution in [2.24, 2.45) is 0 Å². The van der Waals surface area contributed by atoms with Crippen molar-refractivity contribution in [3.8, 4) is 17.6 Å². The summed E-state index contributed by atoms with van der Waals surface area (Å²) in [6.07, 6.45) is 2.16. The maximum absolute atomic E-state index is 5.69. The van der Waals surface area contributed by atoms with Crippen molar-refractivity contribution in [3.63, 3.8) is 0 Å². The van der Waals surface area contributed by atoms with Crippen LogP contribution in [0.25, 0.3) is 0 Å². The van der Waals surface area contributed by atoms with E-state index in [9.17, 15) is 0 Å². The van der Waals surface area contributed by atoms with E-state index in [4.69, 9.17) is 9.47 Å². The van der Waals surface area contributed by atoms with Crippen LogP contribution in [0.5, 0.6) is 5.75 Å². The lowest BCUT2D eigenvalue weighted by Gasteiger charge is -2.10. The zero-order chi connectivity index (χ0) is 16.5. The molecule has 0 radical (unpaired) electrons. The van der Waals surface area contributed by atoms with E-state index in [0.717, 1.165) is 29.7 Å². The molecule has 1 unspecified atom stereocenters. The van der Waals surface area contributed by atoms with Crippen molar-refractivity contribution >= 4 is 0 Å². The van der Waals surface area contributed by atoms with E-state index in [-0.39, 0.29) is 6.10 Å². The first kappa shape index (κ1) is 17.1. The summed E-state index contributed by atoms with van der Waals surface area (Å²) >= 11 is 0. The standard InChI is InChI=1S/C21H24O2/c1-4-18-5-7-19(8-6-18)9-10-20-11-13-21(14-12-20)23-16-15-17(2)22-3/h5-8,11-14,17H,4,15-16H2,1-3H3. The Labute approximate surface area is 139 Å². The van der Waals surface area contributed by atoms with Crippen molar-refractivity contribution < 1.29 is 9.47 Å². The van der Waals surface area contributed by atoms with Gasteiger partial charge in [-0.05, 0) is 55.3 Å². The van der Waals surface area contributed by atoms with Crippen LogP contribution in [-0.4, -0.2) is 19.8 Å². The van der Waals surface area contributed by atoms with Crippen LogP contribution in [0.3, 0.4) is 0 Å². The maximum atomic E-state index is 5.69. The average molecular weight is 308 g/mol. The topological polar surface area (TPSA) is 18.5 Å². The molecule has 2 heteroatoms. The molecule has 2 aromatic rings. The predicted octanol–water partition coefficient (Wildman–Crippen LogP) is 4.45. The van der Waals surface area contributed by atoms with Gasteiger partial charge in [0.1, 0.15) is 5.75 Å². The van der Waals surface area contributed by atoms with E-state index < -0.39 is 0 Å². The van der Waals surface area contributed by atoms with Gasteiger partial charge in [-0.3, -0.25) is 0 Å². The molecule has 0 saturated carbocycles. The number of hydrogen-bond donors (Lipinski definition) is 0. The van der Waals surface area contributed by atoms with Gasteiger partial charge in [0.05, 0.1) is 12.7 Å². The van der Waals surface area contributed by atoms with Crippen molar-refractivity contribution in [3.05, 3.63) is 65.2 Å². The molecule has 0 bridgehead atoms. The molecule has 0 heterocycles. The van der Waals surface area contributed by atoms with E-state index in [1.165, 1.54) is 5.56 Å². The van der Waals surface area contributed by atoms with Crippen LogP contribution in [0.15, 0.2) is 48.5 Å². The Morgan fingerprint density at radius 2 is 1.48 bits per heavy atom. The number of aryl methyl sites for hydroxylation is 1. The van der Waals surface area contributed by atoms with Gasteiger partial charge < -0.3 is 9.47 Å². The fourth-order valence-electron chi connectivity index (χ4n) is 2.06. The number of methoxy groups -OCH3 is 1. The van der Waals surface area contributed by atoms with Crippen molar-refractivity contribution in [1.29, 1.82) is 0 Å². The van der Waals surface area contributed by atoms with Gasteiger partial charge >= 0.3 is 0 Å². The minimum Gasteiger partial charge on any atom is -0.493 e. The van der Waals surface area contributed by atoms with Crippen LogP contribution in [0, 0.1) is 11.8 Å². The first-order valence-electron chi connectivity index (χ1n) is 8.08. The average Bonchev–Trinajstić information content (AvgIpc) is 2.61. The van der Waals surface area contributed by atoms with Gasteiger partial charge in [0, 0.05) is 24.7 Å². The van der Waals surface area contributed by atoms with Crippen molar-refractivity contribution in [2.75, 3.05) is 13.7 Å². The van der Waals surface area contributed by atoms with E-state index >= 15 is 0 Å². The highest BCUT2D eigenvalue weighted by Gasteiger charge is 2.00. The third-order valence-electron chi connectivity index (χ3n) is 3.76. The quantitative estimate of drug-likeness (QED) is 0.734. The van der Waals surface area contributed by atoms with Gasteiger partial charge in [-0.25, -0.2) is 0 Å². The molecule has 23 heavy (non-hydrogen) atoms. The van der Waals surface area contributed by atoms with Crippen LogP contribution in [-0.2, 0) is 11.2 Å². The molecule has 2 aromatic carbocycles. The summed E-state index contributed by atoms with van der Waals surface area (Å²) in [4.78, 5) is 0. The summed E-state index contributed by atoms with van der Waals surface area (Å²) in [5.74, 6) is 7.24. The minimum absolute atomic E-state index is 0.222. The van der Waals surface area contributed by atoms with Gasteiger partial charge in [-0.1, -0.05) is 30.9 Å². The monoisotopic (exact) mass is 308 g/mol. The lowest BCUT2D eigenvalue weighted by molar-refractivity contribution is 0.0956. The third kappa shape index (κ3) is 5.81. The molecule has 2 rings (SSSR count). The zero-order valence-corrected chi connectivity index (χ0v) is 14.1. The Balaban J connectivity index is 1.90. The first-order valence-corrected chi connectivity index (χ1v) is 8.08. The molecule has 0 fully saturated rings. The van der Waals surface area contributed by atoms with Gasteiger partial charge in [-0.2, -0.15) is 0 Å². The lowest BCUT2D eigenvalue weighted by Crippen LogP contribution is -2.10. The van der Waals surface area contributed by atoms with Gasteiger partial charge in [0.2, 0.25) is 0 Å². The smallest absolute Gasteiger partial charge is 0.119 e. The maximum Gasteiger partial charge on any atom is 0.119 e. The van der Waals surface area contributed by atoms with Crippen LogP contribution >= 0.6 is 0 Å². The Morgan fingerprint density at radius 3 is 2.00 bits per heavy atom. The summed E-state index contributed by atoms with van der Waals surface area (Å²) in [5.41, 5.74) is 3.36. The van der Waals surface area contributed by atoms with Crippen LogP contribution in [0.2, 0.25) is 0 Å². The summed E-state index contributed by atoms with van der Waals surface area (Å²) < 4.78 is 10.9. The molecule has 0 aliphatic carbocycles. The minimum atomic E-state index is 0.222. The molecule has 0 spiro atoms. The molecular formula is C21H24O2. The van der Waals surface area contributed by atoms with E-state index in [2.05, 4.69) is 43.0 Å². The van der Waals surface area contributed by atoms with Gasteiger partial charge in [-0.15, -0.1) is 0 Å².